The fourth-order valence-electron chi connectivity index (χ4n) is 0.354. The first-order valence-electron chi connectivity index (χ1n) is 2.46. The lowest BCUT2D eigenvalue weighted by molar-refractivity contribution is 0.935. The van der Waals surface area contributed by atoms with Crippen molar-refractivity contribution in [1.82, 2.24) is 5.32 Å². The van der Waals surface area contributed by atoms with Gasteiger partial charge in [-0.1, -0.05) is 19.2 Å². The maximum absolute atomic E-state index is 5.32. The minimum Gasteiger partial charge on any atom is -0.386 e. The molecule has 0 aliphatic carbocycles. The molecule has 0 aromatic rings. The fourth-order valence-corrected chi connectivity index (χ4v) is 0.354. The van der Waals surface area contributed by atoms with Gasteiger partial charge in [-0.25, -0.2) is 0 Å². The third-order valence-electron chi connectivity index (χ3n) is 0.602. The smallest absolute Gasteiger partial charge is 0.101 e. The molecule has 0 aliphatic rings. The molecule has 3 nitrogen and oxygen atoms in total. The summed E-state index contributed by atoms with van der Waals surface area (Å²) in [6, 6.07) is 0. The summed E-state index contributed by atoms with van der Waals surface area (Å²) >= 11 is 0. The molecule has 0 aromatic carbocycles. The second-order valence-corrected chi connectivity index (χ2v) is 1.51. The molecule has 0 fully saturated rings. The maximum atomic E-state index is 5.32. The lowest BCUT2D eigenvalue weighted by atomic mass is 10.5. The van der Waals surface area contributed by atoms with Crippen LogP contribution in [0, 0.1) is 0 Å². The Morgan fingerprint density at radius 2 is 2.00 bits per heavy atom. The van der Waals surface area contributed by atoms with Crippen LogP contribution < -0.4 is 16.8 Å². The quantitative estimate of drug-likeness (QED) is 0.465. The lowest BCUT2D eigenvalue weighted by Crippen LogP contribution is -2.23. The fraction of sp³-hybridized carbons (Fsp3) is 0. The van der Waals surface area contributed by atoms with Crippen molar-refractivity contribution in [1.29, 1.82) is 0 Å². The van der Waals surface area contributed by atoms with E-state index in [9.17, 15) is 0 Å². The second-order valence-electron chi connectivity index (χ2n) is 1.51. The largest absolute Gasteiger partial charge is 0.386 e. The highest BCUT2D eigenvalue weighted by Gasteiger charge is 1.83. The van der Waals surface area contributed by atoms with Gasteiger partial charge in [0.2, 0.25) is 0 Å². The van der Waals surface area contributed by atoms with E-state index < -0.39 is 0 Å². The molecular formula is C6H11N3. The summed E-state index contributed by atoms with van der Waals surface area (Å²) in [4.78, 5) is 0. The Hall–Kier alpha value is -1.38. The van der Waals surface area contributed by atoms with Gasteiger partial charge in [-0.3, -0.25) is 0 Å². The topological polar surface area (TPSA) is 64.1 Å². The molecule has 0 amide bonds. The highest BCUT2D eigenvalue weighted by molar-refractivity contribution is 5.08. The zero-order valence-electron chi connectivity index (χ0n) is 5.22. The minimum atomic E-state index is 0.325. The molecule has 0 radical (unpaired) electrons. The summed E-state index contributed by atoms with van der Waals surface area (Å²) in [7, 11) is 0. The van der Waals surface area contributed by atoms with Crippen molar-refractivity contribution in [2.75, 3.05) is 0 Å². The van der Waals surface area contributed by atoms with Crippen molar-refractivity contribution in [2.45, 2.75) is 0 Å². The van der Waals surface area contributed by atoms with Crippen LogP contribution >= 0.6 is 0 Å². The molecule has 9 heavy (non-hydrogen) atoms. The van der Waals surface area contributed by atoms with E-state index in [2.05, 4.69) is 18.5 Å². The van der Waals surface area contributed by atoms with Crippen LogP contribution in [0.4, 0.5) is 0 Å². The molecular weight excluding hydrogens is 114 g/mol. The van der Waals surface area contributed by atoms with E-state index in [1.54, 1.807) is 12.2 Å². The number of allylic oxidation sites excluding steroid dienone is 2. The van der Waals surface area contributed by atoms with Crippen LogP contribution in [0.15, 0.2) is 37.0 Å². The van der Waals surface area contributed by atoms with Gasteiger partial charge in [0.05, 0.1) is 5.82 Å². The van der Waals surface area contributed by atoms with E-state index >= 15 is 0 Å². The third kappa shape index (κ3) is 4.47. The zero-order valence-corrected chi connectivity index (χ0v) is 5.22. The molecule has 0 heterocycles. The van der Waals surface area contributed by atoms with Gasteiger partial charge in [0.1, 0.15) is 5.82 Å². The number of rotatable bonds is 3. The molecule has 0 aliphatic heterocycles. The van der Waals surface area contributed by atoms with Gasteiger partial charge in [0.15, 0.2) is 0 Å². The molecule has 0 bridgehead atoms. The molecule has 0 rings (SSSR count). The van der Waals surface area contributed by atoms with Gasteiger partial charge in [-0.15, -0.1) is 0 Å². The number of hydrogen-bond acceptors (Lipinski definition) is 3. The first-order valence-corrected chi connectivity index (χ1v) is 2.46. The van der Waals surface area contributed by atoms with Crippen molar-refractivity contribution < 1.29 is 0 Å². The predicted octanol–water partition coefficient (Wildman–Crippen LogP) is -0.00800. The van der Waals surface area contributed by atoms with Crippen LogP contribution in [0.1, 0.15) is 0 Å². The van der Waals surface area contributed by atoms with Crippen molar-refractivity contribution in [2.24, 2.45) is 11.5 Å². The van der Waals surface area contributed by atoms with E-state index in [0.717, 1.165) is 0 Å². The van der Waals surface area contributed by atoms with Crippen LogP contribution in [0.5, 0.6) is 0 Å². The number of hydrogen-bond donors (Lipinski definition) is 3. The van der Waals surface area contributed by atoms with Gasteiger partial charge < -0.3 is 16.8 Å². The standard InChI is InChI=1S/C6H11N3/c1-3-4-6(8)9-5(2)7/h3-4,9H,1-2,7-8H2/b6-4-. The van der Waals surface area contributed by atoms with E-state index in [-0.39, 0.29) is 0 Å². The molecule has 50 valence electrons. The predicted molar refractivity (Wildman–Crippen MR) is 38.9 cm³/mol. The highest BCUT2D eigenvalue weighted by atomic mass is 15.1. The van der Waals surface area contributed by atoms with Gasteiger partial charge >= 0.3 is 0 Å². The summed E-state index contributed by atoms with van der Waals surface area (Å²) in [6.07, 6.45) is 3.16. The summed E-state index contributed by atoms with van der Waals surface area (Å²) in [6.45, 7) is 6.83. The Balaban J connectivity index is 3.75. The summed E-state index contributed by atoms with van der Waals surface area (Å²) in [5.74, 6) is 0.767. The molecule has 0 saturated carbocycles. The van der Waals surface area contributed by atoms with Crippen LogP contribution in [-0.2, 0) is 0 Å². The minimum absolute atomic E-state index is 0.325. The molecule has 0 spiro atoms. The Morgan fingerprint density at radius 3 is 2.33 bits per heavy atom. The van der Waals surface area contributed by atoms with E-state index in [0.29, 0.717) is 11.6 Å². The Morgan fingerprint density at radius 1 is 1.44 bits per heavy atom. The Labute approximate surface area is 54.7 Å². The SMILES string of the molecule is C=C/C=C(/N)NC(=C)N. The second kappa shape index (κ2) is 3.60. The maximum Gasteiger partial charge on any atom is 0.101 e. The molecule has 0 unspecified atom stereocenters. The Bertz CT molecular complexity index is 146. The third-order valence-corrected chi connectivity index (χ3v) is 0.602. The van der Waals surface area contributed by atoms with Crippen molar-refractivity contribution >= 4 is 0 Å². The monoisotopic (exact) mass is 125 g/mol. The van der Waals surface area contributed by atoms with E-state index in [4.69, 9.17) is 11.5 Å². The van der Waals surface area contributed by atoms with Crippen LogP contribution in [0.2, 0.25) is 0 Å². The average molecular weight is 125 g/mol. The number of nitrogens with one attached hydrogen (secondary N) is 1. The van der Waals surface area contributed by atoms with Gasteiger partial charge in [0, 0.05) is 0 Å². The van der Waals surface area contributed by atoms with E-state index in [1.165, 1.54) is 0 Å². The molecule has 0 saturated heterocycles. The lowest BCUT2D eigenvalue weighted by Gasteiger charge is -2.01. The van der Waals surface area contributed by atoms with Crippen LogP contribution in [0.3, 0.4) is 0 Å². The van der Waals surface area contributed by atoms with Crippen molar-refractivity contribution in [3.05, 3.63) is 37.0 Å². The zero-order chi connectivity index (χ0) is 7.28. The highest BCUT2D eigenvalue weighted by Crippen LogP contribution is 1.78. The Kier molecular flexibility index (Phi) is 3.05. The van der Waals surface area contributed by atoms with Crippen molar-refractivity contribution in [3.63, 3.8) is 0 Å². The molecule has 0 aromatic heterocycles. The first kappa shape index (κ1) is 7.62. The number of nitrogens with two attached hydrogens (primary N) is 2. The summed E-state index contributed by atoms with van der Waals surface area (Å²) in [5, 5.41) is 2.59. The van der Waals surface area contributed by atoms with Crippen LogP contribution in [-0.4, -0.2) is 0 Å². The van der Waals surface area contributed by atoms with Gasteiger partial charge in [-0.2, -0.15) is 0 Å². The average Bonchev–Trinajstić information content (AvgIpc) is 1.63. The molecule has 3 heteroatoms. The first-order chi connectivity index (χ1) is 4.16. The summed E-state index contributed by atoms with van der Waals surface area (Å²) < 4.78 is 0. The van der Waals surface area contributed by atoms with Crippen molar-refractivity contribution in [3.8, 4) is 0 Å². The normalized spacial score (nSPS) is 10.4. The van der Waals surface area contributed by atoms with Gasteiger partial charge in [0.25, 0.3) is 0 Å². The molecule has 0 atom stereocenters. The van der Waals surface area contributed by atoms with Gasteiger partial charge in [-0.05, 0) is 6.08 Å². The van der Waals surface area contributed by atoms with E-state index in [1.807, 2.05) is 0 Å². The molecule has 5 N–H and O–H groups in total. The summed E-state index contributed by atoms with van der Waals surface area (Å²) in [5.41, 5.74) is 10.5. The van der Waals surface area contributed by atoms with Crippen LogP contribution in [0.25, 0.3) is 0 Å².